The van der Waals surface area contributed by atoms with E-state index in [0.717, 1.165) is 5.56 Å². The zero-order valence-corrected chi connectivity index (χ0v) is 15.3. The van der Waals surface area contributed by atoms with Gasteiger partial charge in [0.2, 0.25) is 0 Å². The number of nitrogens with one attached hydrogen (secondary N) is 1. The van der Waals surface area contributed by atoms with Crippen molar-refractivity contribution in [3.8, 4) is 0 Å². The summed E-state index contributed by atoms with van der Waals surface area (Å²) < 4.78 is 10.4. The third-order valence-electron chi connectivity index (χ3n) is 3.50. The molecule has 1 aromatic carbocycles. The monoisotopic (exact) mass is 335 g/mol. The van der Waals surface area contributed by atoms with Gasteiger partial charge in [-0.05, 0) is 24.3 Å². The standard InChI is InChI=1S/C19H29NO4/c1-6-24-16(21)12-15(13-19(2,3)4)20-18(22)17(23-5)14-10-8-7-9-11-14/h7-11,15,17H,6,12-13H2,1-5H3,(H,20,22)/t15-,17-/m1/s1. The van der Waals surface area contributed by atoms with Gasteiger partial charge in [0.05, 0.1) is 13.0 Å². The minimum absolute atomic E-state index is 0.0280. The van der Waals surface area contributed by atoms with Crippen molar-refractivity contribution in [1.82, 2.24) is 5.32 Å². The van der Waals surface area contributed by atoms with Gasteiger partial charge in [0.15, 0.2) is 6.10 Å². The fraction of sp³-hybridized carbons (Fsp3) is 0.579. The molecule has 0 aliphatic heterocycles. The van der Waals surface area contributed by atoms with Crippen molar-refractivity contribution in [2.24, 2.45) is 5.41 Å². The molecule has 0 bridgehead atoms. The molecule has 5 heteroatoms. The number of amides is 1. The molecule has 1 rings (SSSR count). The maximum atomic E-state index is 12.6. The molecular formula is C19H29NO4. The molecule has 0 radical (unpaired) electrons. The summed E-state index contributed by atoms with van der Waals surface area (Å²) in [6, 6.07) is 9.00. The van der Waals surface area contributed by atoms with Crippen molar-refractivity contribution in [3.05, 3.63) is 35.9 Å². The lowest BCUT2D eigenvalue weighted by Gasteiger charge is -2.27. The second-order valence-electron chi connectivity index (χ2n) is 7.01. The number of ether oxygens (including phenoxy) is 2. The summed E-state index contributed by atoms with van der Waals surface area (Å²) in [7, 11) is 1.50. The molecule has 0 spiro atoms. The lowest BCUT2D eigenvalue weighted by atomic mass is 9.87. The molecule has 0 saturated carbocycles. The summed E-state index contributed by atoms with van der Waals surface area (Å²) in [4.78, 5) is 24.4. The van der Waals surface area contributed by atoms with Crippen LogP contribution in [0.3, 0.4) is 0 Å². The fourth-order valence-corrected chi connectivity index (χ4v) is 2.63. The molecule has 1 aromatic rings. The zero-order valence-electron chi connectivity index (χ0n) is 15.3. The van der Waals surface area contributed by atoms with Gasteiger partial charge in [0.25, 0.3) is 5.91 Å². The van der Waals surface area contributed by atoms with Crippen LogP contribution in [0.5, 0.6) is 0 Å². The van der Waals surface area contributed by atoms with Gasteiger partial charge >= 0.3 is 5.97 Å². The summed E-state index contributed by atoms with van der Waals surface area (Å²) in [6.45, 7) is 8.32. The number of carbonyl (C=O) groups is 2. The highest BCUT2D eigenvalue weighted by Gasteiger charge is 2.27. The summed E-state index contributed by atoms with van der Waals surface area (Å²) in [6.07, 6.45) is 0.126. The van der Waals surface area contributed by atoms with Crippen LogP contribution >= 0.6 is 0 Å². The third-order valence-corrected chi connectivity index (χ3v) is 3.50. The van der Waals surface area contributed by atoms with Crippen molar-refractivity contribution >= 4 is 11.9 Å². The molecule has 1 amide bonds. The molecule has 0 heterocycles. The largest absolute Gasteiger partial charge is 0.466 e. The van der Waals surface area contributed by atoms with E-state index in [9.17, 15) is 9.59 Å². The number of hydrogen-bond acceptors (Lipinski definition) is 4. The predicted molar refractivity (Wildman–Crippen MR) is 93.4 cm³/mol. The average Bonchev–Trinajstić information content (AvgIpc) is 2.47. The number of benzene rings is 1. The van der Waals surface area contributed by atoms with Crippen molar-refractivity contribution in [3.63, 3.8) is 0 Å². The first-order chi connectivity index (χ1) is 11.3. The predicted octanol–water partition coefficient (Wildman–Crippen LogP) is 3.25. The summed E-state index contributed by atoms with van der Waals surface area (Å²) in [5.41, 5.74) is 0.753. The number of rotatable bonds is 8. The van der Waals surface area contributed by atoms with E-state index in [0.29, 0.717) is 13.0 Å². The number of esters is 1. The van der Waals surface area contributed by atoms with E-state index in [1.807, 2.05) is 30.3 Å². The number of methoxy groups -OCH3 is 1. The molecule has 0 saturated heterocycles. The minimum Gasteiger partial charge on any atom is -0.466 e. The topological polar surface area (TPSA) is 64.6 Å². The minimum atomic E-state index is -0.698. The summed E-state index contributed by atoms with van der Waals surface area (Å²) in [5, 5.41) is 2.95. The molecule has 134 valence electrons. The Bertz CT molecular complexity index is 522. The van der Waals surface area contributed by atoms with Crippen LogP contribution in [-0.2, 0) is 19.1 Å². The third kappa shape index (κ3) is 7.13. The van der Waals surface area contributed by atoms with Crippen LogP contribution in [-0.4, -0.2) is 31.6 Å². The van der Waals surface area contributed by atoms with Gasteiger partial charge in [-0.1, -0.05) is 51.1 Å². The molecule has 0 aliphatic rings. The van der Waals surface area contributed by atoms with E-state index in [4.69, 9.17) is 9.47 Å². The normalized spacial score (nSPS) is 13.9. The zero-order chi connectivity index (χ0) is 18.2. The molecule has 5 nitrogen and oxygen atoms in total. The van der Waals surface area contributed by atoms with E-state index in [-0.39, 0.29) is 29.8 Å². The lowest BCUT2D eigenvalue weighted by molar-refractivity contribution is -0.144. The van der Waals surface area contributed by atoms with Crippen LogP contribution in [0.2, 0.25) is 0 Å². The van der Waals surface area contributed by atoms with Crippen molar-refractivity contribution in [2.45, 2.75) is 52.7 Å². The van der Waals surface area contributed by atoms with Crippen molar-refractivity contribution in [1.29, 1.82) is 0 Å². The highest BCUT2D eigenvalue weighted by molar-refractivity contribution is 5.83. The van der Waals surface area contributed by atoms with Crippen LogP contribution in [0.15, 0.2) is 30.3 Å². The Kier molecular flexibility index (Phi) is 7.92. The smallest absolute Gasteiger partial charge is 0.307 e. The van der Waals surface area contributed by atoms with Gasteiger partial charge in [-0.15, -0.1) is 0 Å². The van der Waals surface area contributed by atoms with Crippen molar-refractivity contribution < 1.29 is 19.1 Å². The maximum absolute atomic E-state index is 12.6. The first kappa shape index (κ1) is 20.2. The summed E-state index contributed by atoms with van der Waals surface area (Å²) >= 11 is 0. The van der Waals surface area contributed by atoms with E-state index >= 15 is 0 Å². The highest BCUT2D eigenvalue weighted by Crippen LogP contribution is 2.24. The van der Waals surface area contributed by atoms with Gasteiger partial charge in [-0.2, -0.15) is 0 Å². The van der Waals surface area contributed by atoms with E-state index < -0.39 is 6.10 Å². The Hall–Kier alpha value is -1.88. The Morgan fingerprint density at radius 1 is 1.17 bits per heavy atom. The second kappa shape index (κ2) is 9.42. The van der Waals surface area contributed by atoms with Gasteiger partial charge < -0.3 is 14.8 Å². The van der Waals surface area contributed by atoms with Crippen LogP contribution in [0.1, 0.15) is 52.2 Å². The van der Waals surface area contributed by atoms with Crippen LogP contribution in [0, 0.1) is 5.41 Å². The SMILES string of the molecule is CCOC(=O)C[C@H](CC(C)(C)C)NC(=O)[C@H](OC)c1ccccc1. The molecular weight excluding hydrogens is 306 g/mol. The average molecular weight is 335 g/mol. The van der Waals surface area contributed by atoms with E-state index in [1.165, 1.54) is 7.11 Å². The summed E-state index contributed by atoms with van der Waals surface area (Å²) in [5.74, 6) is -0.553. The van der Waals surface area contributed by atoms with Crippen molar-refractivity contribution in [2.75, 3.05) is 13.7 Å². The number of hydrogen-bond donors (Lipinski definition) is 1. The lowest BCUT2D eigenvalue weighted by Crippen LogP contribution is -2.42. The Morgan fingerprint density at radius 3 is 2.29 bits per heavy atom. The molecule has 2 atom stereocenters. The first-order valence-electron chi connectivity index (χ1n) is 8.30. The molecule has 24 heavy (non-hydrogen) atoms. The van der Waals surface area contributed by atoms with E-state index in [1.54, 1.807) is 6.92 Å². The fourth-order valence-electron chi connectivity index (χ4n) is 2.63. The Labute approximate surface area is 144 Å². The molecule has 0 unspecified atom stereocenters. The molecule has 0 aliphatic carbocycles. The number of carbonyl (C=O) groups excluding carboxylic acids is 2. The van der Waals surface area contributed by atoms with E-state index in [2.05, 4.69) is 26.1 Å². The molecule has 1 N–H and O–H groups in total. The van der Waals surface area contributed by atoms with Gasteiger partial charge in [0, 0.05) is 13.2 Å². The Balaban J connectivity index is 2.82. The van der Waals surface area contributed by atoms with Gasteiger partial charge in [-0.25, -0.2) is 0 Å². The quantitative estimate of drug-likeness (QED) is 0.741. The highest BCUT2D eigenvalue weighted by atomic mass is 16.5. The molecule has 0 aromatic heterocycles. The van der Waals surface area contributed by atoms with Crippen LogP contribution in [0.25, 0.3) is 0 Å². The van der Waals surface area contributed by atoms with Crippen LogP contribution in [0.4, 0.5) is 0 Å². The second-order valence-corrected chi connectivity index (χ2v) is 7.01. The maximum Gasteiger partial charge on any atom is 0.307 e. The van der Waals surface area contributed by atoms with Gasteiger partial charge in [0.1, 0.15) is 0 Å². The molecule has 0 fully saturated rings. The Morgan fingerprint density at radius 2 is 1.79 bits per heavy atom. The first-order valence-corrected chi connectivity index (χ1v) is 8.30. The van der Waals surface area contributed by atoms with Gasteiger partial charge in [-0.3, -0.25) is 9.59 Å². The van der Waals surface area contributed by atoms with Crippen LogP contribution < -0.4 is 5.32 Å².